The molecule has 0 aliphatic heterocycles. The molecule has 1 atom stereocenters. The molecule has 3 heteroatoms. The highest BCUT2D eigenvalue weighted by atomic mass is 16.5. The van der Waals surface area contributed by atoms with Crippen LogP contribution in [0.5, 0.6) is 0 Å². The summed E-state index contributed by atoms with van der Waals surface area (Å²) in [5.74, 6) is 0. The highest BCUT2D eigenvalue weighted by Crippen LogP contribution is 2.05. The molecular weight excluding hydrogens is 276 g/mol. The molecule has 0 radical (unpaired) electrons. The van der Waals surface area contributed by atoms with Crippen LogP contribution < -0.4 is 0 Å². The second-order valence-electron chi connectivity index (χ2n) is 6.07. The molecule has 0 bridgehead atoms. The number of aliphatic hydroxyl groups excluding tert-OH is 2. The summed E-state index contributed by atoms with van der Waals surface area (Å²) in [5, 5.41) is 17.3. The first kappa shape index (κ1) is 24.1. The Kier molecular flexibility index (Phi) is 25.4. The highest BCUT2D eigenvalue weighted by Gasteiger charge is 1.99. The van der Waals surface area contributed by atoms with E-state index in [0.29, 0.717) is 0 Å². The number of ether oxygens (including phenoxy) is 1. The zero-order valence-electron chi connectivity index (χ0n) is 15.5. The molecule has 136 valence electrons. The Morgan fingerprint density at radius 2 is 1.23 bits per heavy atom. The normalized spacial score (nSPS) is 11.9. The molecule has 0 aromatic heterocycles. The molecule has 0 saturated heterocycles. The molecule has 0 rings (SSSR count). The van der Waals surface area contributed by atoms with Gasteiger partial charge in [-0.1, -0.05) is 78.6 Å². The zero-order valence-corrected chi connectivity index (χ0v) is 15.5. The fourth-order valence-corrected chi connectivity index (χ4v) is 2.13. The van der Waals surface area contributed by atoms with Gasteiger partial charge in [0, 0.05) is 13.2 Å². The largest absolute Gasteiger partial charge is 0.394 e. The summed E-state index contributed by atoms with van der Waals surface area (Å²) in [4.78, 5) is 0. The second kappa shape index (κ2) is 23.2. The lowest BCUT2D eigenvalue weighted by atomic mass is 10.1. The van der Waals surface area contributed by atoms with E-state index in [9.17, 15) is 0 Å². The van der Waals surface area contributed by atoms with Crippen molar-refractivity contribution in [1.29, 1.82) is 0 Å². The molecule has 2 N–H and O–H groups in total. The van der Waals surface area contributed by atoms with Crippen LogP contribution in [0.4, 0.5) is 0 Å². The Morgan fingerprint density at radius 3 is 1.77 bits per heavy atom. The van der Waals surface area contributed by atoms with Crippen molar-refractivity contribution in [3.8, 4) is 0 Å². The van der Waals surface area contributed by atoms with Gasteiger partial charge in [-0.15, -0.1) is 0 Å². The smallest absolute Gasteiger partial charge is 0.0770 e. The van der Waals surface area contributed by atoms with Crippen molar-refractivity contribution in [3.05, 3.63) is 0 Å². The first-order chi connectivity index (χ1) is 10.7. The summed E-state index contributed by atoms with van der Waals surface area (Å²) < 4.78 is 5.39. The van der Waals surface area contributed by atoms with Crippen LogP contribution in [-0.2, 0) is 4.74 Å². The molecule has 0 fully saturated rings. The molecule has 0 aliphatic carbocycles. The van der Waals surface area contributed by atoms with Gasteiger partial charge in [0.1, 0.15) is 0 Å². The van der Waals surface area contributed by atoms with Gasteiger partial charge in [-0.05, 0) is 19.3 Å². The molecule has 0 amide bonds. The SMILES string of the molecule is CCCCCCC(O)CO.CCCCCCCCOCCC. The number of hydrogen-bond donors (Lipinski definition) is 2. The van der Waals surface area contributed by atoms with Crippen LogP contribution in [0.25, 0.3) is 0 Å². The number of aliphatic hydroxyl groups is 2. The van der Waals surface area contributed by atoms with Crippen molar-refractivity contribution < 1.29 is 14.9 Å². The summed E-state index contributed by atoms with van der Waals surface area (Å²) in [6, 6.07) is 0. The third-order valence-electron chi connectivity index (χ3n) is 3.59. The Bertz CT molecular complexity index is 164. The lowest BCUT2D eigenvalue weighted by molar-refractivity contribution is 0.0860. The third-order valence-corrected chi connectivity index (χ3v) is 3.59. The van der Waals surface area contributed by atoms with Gasteiger partial charge in [-0.2, -0.15) is 0 Å². The van der Waals surface area contributed by atoms with E-state index >= 15 is 0 Å². The van der Waals surface area contributed by atoms with Gasteiger partial charge in [0.05, 0.1) is 12.7 Å². The van der Waals surface area contributed by atoms with Gasteiger partial charge in [-0.3, -0.25) is 0 Å². The Morgan fingerprint density at radius 1 is 0.682 bits per heavy atom. The fraction of sp³-hybridized carbons (Fsp3) is 1.00. The maximum Gasteiger partial charge on any atom is 0.0770 e. The standard InChI is InChI=1S/C11H24O.C8H18O2/c1-3-5-6-7-8-9-11-12-10-4-2;1-2-3-4-5-6-8(10)7-9/h3-11H2,1-2H3;8-10H,2-7H2,1H3. The van der Waals surface area contributed by atoms with Crippen molar-refractivity contribution in [2.75, 3.05) is 19.8 Å². The van der Waals surface area contributed by atoms with Crippen LogP contribution >= 0.6 is 0 Å². The fourth-order valence-electron chi connectivity index (χ4n) is 2.13. The van der Waals surface area contributed by atoms with E-state index in [1.807, 2.05) is 0 Å². The molecule has 22 heavy (non-hydrogen) atoms. The van der Waals surface area contributed by atoms with Crippen LogP contribution in [0, 0.1) is 0 Å². The van der Waals surface area contributed by atoms with Crippen LogP contribution in [0.15, 0.2) is 0 Å². The van der Waals surface area contributed by atoms with E-state index in [1.165, 1.54) is 57.8 Å². The summed E-state index contributed by atoms with van der Waals surface area (Å²) in [7, 11) is 0. The summed E-state index contributed by atoms with van der Waals surface area (Å²) >= 11 is 0. The molecule has 3 nitrogen and oxygen atoms in total. The molecule has 0 aliphatic rings. The minimum atomic E-state index is -0.489. The average molecular weight is 319 g/mol. The van der Waals surface area contributed by atoms with Gasteiger partial charge >= 0.3 is 0 Å². The van der Waals surface area contributed by atoms with Crippen LogP contribution in [0.1, 0.15) is 97.8 Å². The number of unbranched alkanes of at least 4 members (excludes halogenated alkanes) is 8. The van der Waals surface area contributed by atoms with Gasteiger partial charge in [0.25, 0.3) is 0 Å². The first-order valence-corrected chi connectivity index (χ1v) is 9.59. The van der Waals surface area contributed by atoms with Crippen LogP contribution in [0.3, 0.4) is 0 Å². The van der Waals surface area contributed by atoms with Gasteiger partial charge in [-0.25, -0.2) is 0 Å². The van der Waals surface area contributed by atoms with Gasteiger partial charge in [0.15, 0.2) is 0 Å². The summed E-state index contributed by atoms with van der Waals surface area (Å²) in [6.07, 6.45) is 14.2. The first-order valence-electron chi connectivity index (χ1n) is 9.59. The number of rotatable bonds is 15. The van der Waals surface area contributed by atoms with Crippen LogP contribution in [-0.4, -0.2) is 36.1 Å². The average Bonchev–Trinajstić information content (AvgIpc) is 2.54. The predicted octanol–water partition coefficient (Wildman–Crippen LogP) is 5.08. The Balaban J connectivity index is 0. The van der Waals surface area contributed by atoms with Crippen molar-refractivity contribution in [3.63, 3.8) is 0 Å². The highest BCUT2D eigenvalue weighted by molar-refractivity contribution is 4.52. The van der Waals surface area contributed by atoms with Crippen molar-refractivity contribution in [2.24, 2.45) is 0 Å². The van der Waals surface area contributed by atoms with Crippen molar-refractivity contribution >= 4 is 0 Å². The lowest BCUT2D eigenvalue weighted by Gasteiger charge is -2.04. The number of hydrogen-bond acceptors (Lipinski definition) is 3. The van der Waals surface area contributed by atoms with E-state index < -0.39 is 6.10 Å². The minimum absolute atomic E-state index is 0.0911. The van der Waals surface area contributed by atoms with E-state index in [1.54, 1.807) is 0 Å². The van der Waals surface area contributed by atoms with Crippen LogP contribution in [0.2, 0.25) is 0 Å². The van der Waals surface area contributed by atoms with Crippen molar-refractivity contribution in [2.45, 2.75) is 104 Å². The zero-order chi connectivity index (χ0) is 16.9. The molecular formula is C19H42O3. The predicted molar refractivity (Wildman–Crippen MR) is 96.3 cm³/mol. The lowest BCUT2D eigenvalue weighted by Crippen LogP contribution is -2.10. The molecule has 1 unspecified atom stereocenters. The summed E-state index contributed by atoms with van der Waals surface area (Å²) in [6.45, 7) is 8.38. The van der Waals surface area contributed by atoms with E-state index in [-0.39, 0.29) is 6.61 Å². The quantitative estimate of drug-likeness (QED) is 0.414. The third kappa shape index (κ3) is 24.9. The maximum atomic E-state index is 8.91. The summed E-state index contributed by atoms with van der Waals surface area (Å²) in [5.41, 5.74) is 0. The van der Waals surface area contributed by atoms with E-state index in [2.05, 4.69) is 20.8 Å². The molecule has 0 saturated carbocycles. The van der Waals surface area contributed by atoms with E-state index in [0.717, 1.165) is 32.5 Å². The molecule has 0 aromatic rings. The van der Waals surface area contributed by atoms with Gasteiger partial charge in [0.2, 0.25) is 0 Å². The van der Waals surface area contributed by atoms with Gasteiger partial charge < -0.3 is 14.9 Å². The monoisotopic (exact) mass is 318 g/mol. The second-order valence-corrected chi connectivity index (χ2v) is 6.07. The Hall–Kier alpha value is -0.120. The Labute approximate surface area is 139 Å². The van der Waals surface area contributed by atoms with E-state index in [4.69, 9.17) is 14.9 Å². The minimum Gasteiger partial charge on any atom is -0.394 e. The molecule has 0 aromatic carbocycles. The van der Waals surface area contributed by atoms with Crippen molar-refractivity contribution in [1.82, 2.24) is 0 Å². The topological polar surface area (TPSA) is 49.7 Å². The molecule has 0 spiro atoms. The molecule has 0 heterocycles. The maximum absolute atomic E-state index is 8.91.